The number of halogens is 2. The molecule has 0 bridgehead atoms. The Labute approximate surface area is 102 Å². The van der Waals surface area contributed by atoms with Crippen LogP contribution in [-0.4, -0.2) is 23.9 Å². The smallest absolute Gasteiger partial charge is 0.0406 e. The molecule has 0 aliphatic rings. The third-order valence-electron chi connectivity index (χ3n) is 2.26. The van der Waals surface area contributed by atoms with Crippen molar-refractivity contribution in [2.24, 2.45) is 0 Å². The number of alkyl halides is 1. The van der Waals surface area contributed by atoms with E-state index < -0.39 is 0 Å². The lowest BCUT2D eigenvalue weighted by molar-refractivity contribution is 0.282. The van der Waals surface area contributed by atoms with Crippen LogP contribution in [0.1, 0.15) is 18.9 Å². The first-order valence-electron chi connectivity index (χ1n) is 5.29. The Hall–Kier alpha value is -0.240. The zero-order valence-electron chi connectivity index (χ0n) is 9.05. The summed E-state index contributed by atoms with van der Waals surface area (Å²) in [6, 6.07) is 8.00. The lowest BCUT2D eigenvalue weighted by Gasteiger charge is -2.20. The number of nitrogens with zero attached hydrogens (tertiary/aromatic N) is 1. The van der Waals surface area contributed by atoms with Crippen LogP contribution in [0.4, 0.5) is 0 Å². The number of hydrogen-bond acceptors (Lipinski definition) is 1. The van der Waals surface area contributed by atoms with Gasteiger partial charge in [-0.2, -0.15) is 0 Å². The Kier molecular flexibility index (Phi) is 6.07. The lowest BCUT2D eigenvalue weighted by Crippen LogP contribution is -2.26. The van der Waals surface area contributed by atoms with Gasteiger partial charge < -0.3 is 0 Å². The third-order valence-corrected chi connectivity index (χ3v) is 2.68. The van der Waals surface area contributed by atoms with Crippen molar-refractivity contribution in [1.82, 2.24) is 4.90 Å². The molecule has 0 spiro atoms. The van der Waals surface area contributed by atoms with Gasteiger partial charge in [0, 0.05) is 24.0 Å². The van der Waals surface area contributed by atoms with Crippen molar-refractivity contribution in [1.29, 1.82) is 0 Å². The highest BCUT2D eigenvalue weighted by molar-refractivity contribution is 6.30. The van der Waals surface area contributed by atoms with Crippen LogP contribution >= 0.6 is 23.2 Å². The van der Waals surface area contributed by atoms with Gasteiger partial charge in [-0.25, -0.2) is 0 Å². The molecule has 3 heteroatoms. The first-order chi connectivity index (χ1) is 7.26. The minimum absolute atomic E-state index is 0.688. The predicted octanol–water partition coefficient (Wildman–Crippen LogP) is 3.79. The van der Waals surface area contributed by atoms with Crippen molar-refractivity contribution in [2.45, 2.75) is 19.9 Å². The van der Waals surface area contributed by atoms with E-state index in [1.165, 1.54) is 5.56 Å². The minimum atomic E-state index is 0.688. The first kappa shape index (κ1) is 12.8. The van der Waals surface area contributed by atoms with Crippen molar-refractivity contribution in [3.8, 4) is 0 Å². The van der Waals surface area contributed by atoms with Crippen LogP contribution < -0.4 is 0 Å². The standard InChI is InChI=1S/C12H17Cl2N/c1-2-8-15(9-7-13)10-11-3-5-12(14)6-4-11/h3-6H,2,7-10H2,1H3. The predicted molar refractivity (Wildman–Crippen MR) is 67.7 cm³/mol. The third kappa shape index (κ3) is 4.87. The molecule has 1 nitrogen and oxygen atoms in total. The highest BCUT2D eigenvalue weighted by Gasteiger charge is 2.03. The second-order valence-corrected chi connectivity index (χ2v) is 4.41. The number of rotatable bonds is 6. The summed E-state index contributed by atoms with van der Waals surface area (Å²) >= 11 is 11.6. The summed E-state index contributed by atoms with van der Waals surface area (Å²) in [6.07, 6.45) is 1.16. The van der Waals surface area contributed by atoms with Gasteiger partial charge in [0.05, 0.1) is 0 Å². The molecular formula is C12H17Cl2N. The monoisotopic (exact) mass is 245 g/mol. The molecule has 0 fully saturated rings. The molecule has 0 aromatic heterocycles. The summed E-state index contributed by atoms with van der Waals surface area (Å²) in [7, 11) is 0. The van der Waals surface area contributed by atoms with Gasteiger partial charge in [0.2, 0.25) is 0 Å². The molecule has 15 heavy (non-hydrogen) atoms. The van der Waals surface area contributed by atoms with E-state index in [2.05, 4.69) is 24.0 Å². The maximum atomic E-state index is 5.84. The molecule has 0 radical (unpaired) electrons. The lowest BCUT2D eigenvalue weighted by atomic mass is 10.2. The summed E-state index contributed by atoms with van der Waals surface area (Å²) in [5, 5.41) is 0.790. The highest BCUT2D eigenvalue weighted by Crippen LogP contribution is 2.11. The Morgan fingerprint density at radius 1 is 1.13 bits per heavy atom. The molecule has 0 atom stereocenters. The summed E-state index contributed by atoms with van der Waals surface area (Å²) in [5.74, 6) is 0.688. The van der Waals surface area contributed by atoms with Crippen LogP contribution in [-0.2, 0) is 6.54 Å². The van der Waals surface area contributed by atoms with Crippen LogP contribution in [0.25, 0.3) is 0 Å². The fourth-order valence-corrected chi connectivity index (χ4v) is 1.92. The summed E-state index contributed by atoms with van der Waals surface area (Å²) in [5.41, 5.74) is 1.29. The van der Waals surface area contributed by atoms with Gasteiger partial charge >= 0.3 is 0 Å². The van der Waals surface area contributed by atoms with Gasteiger partial charge in [0.15, 0.2) is 0 Å². The van der Waals surface area contributed by atoms with Crippen LogP contribution in [0.5, 0.6) is 0 Å². The van der Waals surface area contributed by atoms with Crippen molar-refractivity contribution in [2.75, 3.05) is 19.0 Å². The molecule has 1 rings (SSSR count). The average Bonchev–Trinajstić information content (AvgIpc) is 2.22. The summed E-state index contributed by atoms with van der Waals surface area (Å²) in [6.45, 7) is 5.17. The Bertz CT molecular complexity index is 265. The topological polar surface area (TPSA) is 3.24 Å². The van der Waals surface area contributed by atoms with Crippen molar-refractivity contribution >= 4 is 23.2 Å². The zero-order valence-corrected chi connectivity index (χ0v) is 10.6. The molecule has 1 aromatic carbocycles. The van der Waals surface area contributed by atoms with Crippen molar-refractivity contribution in [3.05, 3.63) is 34.9 Å². The molecule has 0 N–H and O–H groups in total. The molecule has 0 saturated heterocycles. The van der Waals surface area contributed by atoms with Crippen molar-refractivity contribution in [3.63, 3.8) is 0 Å². The first-order valence-corrected chi connectivity index (χ1v) is 6.20. The van der Waals surface area contributed by atoms with E-state index >= 15 is 0 Å². The van der Waals surface area contributed by atoms with Crippen LogP contribution in [0.3, 0.4) is 0 Å². The Balaban J connectivity index is 2.53. The van der Waals surface area contributed by atoms with E-state index in [-0.39, 0.29) is 0 Å². The molecular weight excluding hydrogens is 229 g/mol. The largest absolute Gasteiger partial charge is 0.298 e. The molecule has 0 aliphatic heterocycles. The molecule has 84 valence electrons. The van der Waals surface area contributed by atoms with Crippen LogP contribution in [0.2, 0.25) is 5.02 Å². The fourth-order valence-electron chi connectivity index (χ4n) is 1.55. The molecule has 0 heterocycles. The molecule has 0 amide bonds. The second-order valence-electron chi connectivity index (χ2n) is 3.59. The van der Waals surface area contributed by atoms with Crippen molar-refractivity contribution < 1.29 is 0 Å². The fraction of sp³-hybridized carbons (Fsp3) is 0.500. The van der Waals surface area contributed by atoms with E-state index in [4.69, 9.17) is 23.2 Å². The Morgan fingerprint density at radius 2 is 1.80 bits per heavy atom. The number of hydrogen-bond donors (Lipinski definition) is 0. The van der Waals surface area contributed by atoms with Gasteiger partial charge in [-0.05, 0) is 30.7 Å². The minimum Gasteiger partial charge on any atom is -0.298 e. The maximum Gasteiger partial charge on any atom is 0.0406 e. The highest BCUT2D eigenvalue weighted by atomic mass is 35.5. The van der Waals surface area contributed by atoms with Gasteiger partial charge in [-0.1, -0.05) is 30.7 Å². The maximum absolute atomic E-state index is 5.84. The average molecular weight is 246 g/mol. The van der Waals surface area contributed by atoms with E-state index in [0.717, 1.165) is 31.1 Å². The van der Waals surface area contributed by atoms with E-state index in [0.29, 0.717) is 5.88 Å². The second kappa shape index (κ2) is 7.10. The van der Waals surface area contributed by atoms with Crippen LogP contribution in [0.15, 0.2) is 24.3 Å². The molecule has 0 saturated carbocycles. The quantitative estimate of drug-likeness (QED) is 0.690. The van der Waals surface area contributed by atoms with Gasteiger partial charge in [-0.15, -0.1) is 11.6 Å². The summed E-state index contributed by atoms with van der Waals surface area (Å²) in [4.78, 5) is 2.36. The van der Waals surface area contributed by atoms with Crippen LogP contribution in [0, 0.1) is 0 Å². The van der Waals surface area contributed by atoms with E-state index in [1.54, 1.807) is 0 Å². The number of benzene rings is 1. The van der Waals surface area contributed by atoms with Gasteiger partial charge in [-0.3, -0.25) is 4.90 Å². The SMILES string of the molecule is CCCN(CCCl)Cc1ccc(Cl)cc1. The van der Waals surface area contributed by atoms with E-state index in [1.807, 2.05) is 12.1 Å². The zero-order chi connectivity index (χ0) is 11.1. The van der Waals surface area contributed by atoms with E-state index in [9.17, 15) is 0 Å². The van der Waals surface area contributed by atoms with Gasteiger partial charge in [0.1, 0.15) is 0 Å². The summed E-state index contributed by atoms with van der Waals surface area (Å²) < 4.78 is 0. The van der Waals surface area contributed by atoms with Gasteiger partial charge in [0.25, 0.3) is 0 Å². The molecule has 1 aromatic rings. The molecule has 0 unspecified atom stereocenters. The molecule has 0 aliphatic carbocycles. The Morgan fingerprint density at radius 3 is 2.33 bits per heavy atom. The normalized spacial score (nSPS) is 10.9.